The van der Waals surface area contributed by atoms with Crippen molar-refractivity contribution in [3.8, 4) is 5.69 Å². The average molecular weight is 435 g/mol. The molecule has 5 nitrogen and oxygen atoms in total. The highest BCUT2D eigenvalue weighted by Gasteiger charge is 2.17. The zero-order valence-electron chi connectivity index (χ0n) is 15.3. The Balaban J connectivity index is 1.83. The van der Waals surface area contributed by atoms with Gasteiger partial charge in [-0.05, 0) is 68.4 Å². The lowest BCUT2D eigenvalue weighted by molar-refractivity contribution is 0.102. The van der Waals surface area contributed by atoms with Gasteiger partial charge in [0.25, 0.3) is 0 Å². The van der Waals surface area contributed by atoms with E-state index in [4.69, 9.17) is 16.7 Å². The molecule has 2 N–H and O–H groups in total. The standard InChI is InChI=1S/C20H19ClN2O3S2/c1-13-11-19(20(24)12-27-17-7-3-15(21)4-8-17)14(2)23(13)16-5-9-18(10-6-16)28(22,25)26/h3-11H,12H2,1-2H3,(H2,22,25,26). The number of benzene rings is 2. The van der Waals surface area contributed by atoms with E-state index in [1.54, 1.807) is 24.3 Å². The zero-order valence-corrected chi connectivity index (χ0v) is 17.7. The van der Waals surface area contributed by atoms with E-state index < -0.39 is 10.0 Å². The Labute approximate surface area is 173 Å². The molecule has 0 aliphatic carbocycles. The van der Waals surface area contributed by atoms with Crippen LogP contribution in [0.4, 0.5) is 0 Å². The molecule has 0 aliphatic heterocycles. The van der Waals surface area contributed by atoms with Crippen molar-refractivity contribution in [2.75, 3.05) is 5.75 Å². The molecule has 0 aliphatic rings. The van der Waals surface area contributed by atoms with Gasteiger partial charge in [0.1, 0.15) is 0 Å². The van der Waals surface area contributed by atoms with Crippen LogP contribution in [-0.2, 0) is 10.0 Å². The predicted octanol–water partition coefficient (Wildman–Crippen LogP) is 4.37. The van der Waals surface area contributed by atoms with Gasteiger partial charge in [0.05, 0.1) is 10.6 Å². The van der Waals surface area contributed by atoms with Crippen molar-refractivity contribution < 1.29 is 13.2 Å². The number of sulfonamides is 1. The lowest BCUT2D eigenvalue weighted by Crippen LogP contribution is -2.12. The number of hydrogen-bond acceptors (Lipinski definition) is 4. The summed E-state index contributed by atoms with van der Waals surface area (Å²) >= 11 is 7.34. The van der Waals surface area contributed by atoms with Crippen LogP contribution in [0.15, 0.2) is 64.4 Å². The molecule has 0 unspecified atom stereocenters. The molecule has 0 bridgehead atoms. The smallest absolute Gasteiger partial charge is 0.238 e. The van der Waals surface area contributed by atoms with Crippen molar-refractivity contribution in [2.45, 2.75) is 23.6 Å². The van der Waals surface area contributed by atoms with Gasteiger partial charge >= 0.3 is 0 Å². The summed E-state index contributed by atoms with van der Waals surface area (Å²) in [5, 5.41) is 5.81. The summed E-state index contributed by atoms with van der Waals surface area (Å²) in [6.07, 6.45) is 0. The van der Waals surface area contributed by atoms with Crippen LogP contribution in [0, 0.1) is 13.8 Å². The van der Waals surface area contributed by atoms with Gasteiger partial charge in [-0.2, -0.15) is 0 Å². The number of carbonyl (C=O) groups is 1. The third kappa shape index (κ3) is 4.50. The van der Waals surface area contributed by atoms with E-state index in [9.17, 15) is 13.2 Å². The van der Waals surface area contributed by atoms with E-state index in [-0.39, 0.29) is 10.7 Å². The second-order valence-electron chi connectivity index (χ2n) is 6.32. The SMILES string of the molecule is Cc1cc(C(=O)CSc2ccc(Cl)cc2)c(C)n1-c1ccc(S(N)(=O)=O)cc1. The summed E-state index contributed by atoms with van der Waals surface area (Å²) < 4.78 is 24.8. The van der Waals surface area contributed by atoms with Crippen molar-refractivity contribution in [3.63, 3.8) is 0 Å². The molecule has 0 saturated heterocycles. The summed E-state index contributed by atoms with van der Waals surface area (Å²) in [5.41, 5.74) is 3.12. The van der Waals surface area contributed by atoms with Gasteiger partial charge in [-0.15, -0.1) is 11.8 Å². The van der Waals surface area contributed by atoms with Crippen LogP contribution < -0.4 is 5.14 Å². The number of nitrogens with two attached hydrogens (primary N) is 1. The molecule has 2 aromatic carbocycles. The first kappa shape index (κ1) is 20.7. The third-order valence-corrected chi connectivity index (χ3v) is 6.53. The average Bonchev–Trinajstić information content (AvgIpc) is 2.95. The fourth-order valence-corrected chi connectivity index (χ4v) is 4.41. The Morgan fingerprint density at radius 3 is 2.25 bits per heavy atom. The van der Waals surface area contributed by atoms with Crippen molar-refractivity contribution in [2.24, 2.45) is 5.14 Å². The van der Waals surface area contributed by atoms with Gasteiger partial charge in [-0.25, -0.2) is 13.6 Å². The summed E-state index contributed by atoms with van der Waals surface area (Å²) in [7, 11) is -3.74. The van der Waals surface area contributed by atoms with Gasteiger partial charge in [0, 0.05) is 32.6 Å². The van der Waals surface area contributed by atoms with E-state index in [1.165, 1.54) is 23.9 Å². The highest BCUT2D eigenvalue weighted by molar-refractivity contribution is 8.00. The van der Waals surface area contributed by atoms with Crippen molar-refractivity contribution >= 4 is 39.2 Å². The van der Waals surface area contributed by atoms with Crippen LogP contribution in [0.5, 0.6) is 0 Å². The first-order valence-corrected chi connectivity index (χ1v) is 11.3. The van der Waals surface area contributed by atoms with Gasteiger partial charge in [0.2, 0.25) is 10.0 Å². The lowest BCUT2D eigenvalue weighted by Gasteiger charge is -2.10. The number of carbonyl (C=O) groups excluding carboxylic acids is 1. The van der Waals surface area contributed by atoms with Crippen LogP contribution in [-0.4, -0.2) is 24.5 Å². The van der Waals surface area contributed by atoms with Crippen molar-refractivity contribution in [3.05, 3.63) is 76.6 Å². The number of hydrogen-bond donors (Lipinski definition) is 1. The summed E-state index contributed by atoms with van der Waals surface area (Å²) in [6, 6.07) is 15.5. The van der Waals surface area contributed by atoms with Crippen LogP contribution in [0.2, 0.25) is 5.02 Å². The number of ketones is 1. The van der Waals surface area contributed by atoms with Crippen LogP contribution in [0.3, 0.4) is 0 Å². The molecular weight excluding hydrogens is 416 g/mol. The zero-order chi connectivity index (χ0) is 20.5. The molecular formula is C20H19ClN2O3S2. The molecule has 1 aromatic heterocycles. The van der Waals surface area contributed by atoms with Gasteiger partial charge < -0.3 is 4.57 Å². The van der Waals surface area contributed by atoms with Crippen LogP contribution in [0.25, 0.3) is 5.69 Å². The monoisotopic (exact) mass is 434 g/mol. The Morgan fingerprint density at radius 2 is 1.68 bits per heavy atom. The summed E-state index contributed by atoms with van der Waals surface area (Å²) in [5.74, 6) is 0.344. The minimum Gasteiger partial charge on any atom is -0.318 e. The van der Waals surface area contributed by atoms with Crippen LogP contribution >= 0.6 is 23.4 Å². The van der Waals surface area contributed by atoms with Crippen LogP contribution in [0.1, 0.15) is 21.7 Å². The second-order valence-corrected chi connectivity index (χ2v) is 9.37. The number of thioether (sulfide) groups is 1. The number of aromatic nitrogens is 1. The van der Waals surface area contributed by atoms with Gasteiger partial charge in [0.15, 0.2) is 5.78 Å². The number of primary sulfonamides is 1. The molecule has 3 aromatic rings. The maximum absolute atomic E-state index is 12.7. The number of rotatable bonds is 6. The van der Waals surface area contributed by atoms with Gasteiger partial charge in [-0.1, -0.05) is 11.6 Å². The topological polar surface area (TPSA) is 82.2 Å². The first-order valence-electron chi connectivity index (χ1n) is 8.40. The van der Waals surface area contributed by atoms with E-state index in [0.29, 0.717) is 16.3 Å². The molecule has 0 saturated carbocycles. The predicted molar refractivity (Wildman–Crippen MR) is 113 cm³/mol. The number of nitrogens with zero attached hydrogens (tertiary/aromatic N) is 1. The number of halogens is 1. The Bertz CT molecular complexity index is 1120. The number of aryl methyl sites for hydroxylation is 1. The lowest BCUT2D eigenvalue weighted by atomic mass is 10.2. The second kappa shape index (κ2) is 8.13. The maximum atomic E-state index is 12.7. The molecule has 8 heteroatoms. The Morgan fingerprint density at radius 1 is 1.07 bits per heavy atom. The largest absolute Gasteiger partial charge is 0.318 e. The first-order chi connectivity index (χ1) is 13.2. The van der Waals surface area contributed by atoms with Crippen molar-refractivity contribution in [1.29, 1.82) is 0 Å². The molecule has 28 heavy (non-hydrogen) atoms. The fourth-order valence-electron chi connectivity index (χ4n) is 2.98. The molecule has 1 heterocycles. The highest BCUT2D eigenvalue weighted by atomic mass is 35.5. The quantitative estimate of drug-likeness (QED) is 0.461. The van der Waals surface area contributed by atoms with E-state index in [1.807, 2.05) is 36.6 Å². The molecule has 0 atom stereocenters. The third-order valence-electron chi connectivity index (χ3n) is 4.34. The Kier molecular flexibility index (Phi) is 6.00. The van der Waals surface area contributed by atoms with Gasteiger partial charge in [-0.3, -0.25) is 4.79 Å². The summed E-state index contributed by atoms with van der Waals surface area (Å²) in [6.45, 7) is 3.78. The number of Topliss-reactive ketones (excluding diaryl/α,β-unsaturated/α-hetero) is 1. The molecule has 146 valence electrons. The van der Waals surface area contributed by atoms with Crippen molar-refractivity contribution in [1.82, 2.24) is 4.57 Å². The fraction of sp³-hybridized carbons (Fsp3) is 0.150. The molecule has 0 fully saturated rings. The maximum Gasteiger partial charge on any atom is 0.238 e. The van der Waals surface area contributed by atoms with E-state index in [0.717, 1.165) is 22.0 Å². The minimum atomic E-state index is -3.74. The summed E-state index contributed by atoms with van der Waals surface area (Å²) in [4.78, 5) is 13.8. The Hall–Kier alpha value is -2.06. The highest BCUT2D eigenvalue weighted by Crippen LogP contribution is 2.25. The normalized spacial score (nSPS) is 11.6. The molecule has 0 radical (unpaired) electrons. The minimum absolute atomic E-state index is 0.0282. The molecule has 0 amide bonds. The molecule has 3 rings (SSSR count). The van der Waals surface area contributed by atoms with E-state index >= 15 is 0 Å². The molecule has 0 spiro atoms. The van der Waals surface area contributed by atoms with E-state index in [2.05, 4.69) is 0 Å².